The van der Waals surface area contributed by atoms with Crippen LogP contribution >= 0.6 is 0 Å². The normalized spacial score (nSPS) is 15.2. The van der Waals surface area contributed by atoms with E-state index in [4.69, 9.17) is 10.5 Å². The molecule has 3 N–H and O–H groups in total. The lowest BCUT2D eigenvalue weighted by Gasteiger charge is -2.31. The molecule has 2 amide bonds. The van der Waals surface area contributed by atoms with Gasteiger partial charge < -0.3 is 20.3 Å². The number of rotatable bonds is 5. The molecule has 9 heteroatoms. The third kappa shape index (κ3) is 5.29. The number of anilines is 2. The Morgan fingerprint density at radius 2 is 2.11 bits per heavy atom. The number of hydrogen-bond donors (Lipinski definition) is 2. The van der Waals surface area contributed by atoms with Crippen molar-refractivity contribution in [3.8, 4) is 11.6 Å². The first-order chi connectivity index (χ1) is 13.4. The van der Waals surface area contributed by atoms with Gasteiger partial charge >= 0.3 is 6.03 Å². The van der Waals surface area contributed by atoms with Crippen molar-refractivity contribution in [3.05, 3.63) is 36.4 Å². The quantitative estimate of drug-likeness (QED) is 0.765. The molecule has 1 fully saturated rings. The average molecular weight is 388 g/mol. The van der Waals surface area contributed by atoms with E-state index < -0.39 is 5.82 Å². The fourth-order valence-corrected chi connectivity index (χ4v) is 3.10. The number of likely N-dealkylation sites (tertiary alicyclic amines) is 1. The van der Waals surface area contributed by atoms with E-state index in [0.717, 1.165) is 32.0 Å². The first kappa shape index (κ1) is 19.8. The van der Waals surface area contributed by atoms with E-state index in [1.807, 2.05) is 0 Å². The van der Waals surface area contributed by atoms with Crippen LogP contribution in [0.15, 0.2) is 30.6 Å². The molecule has 8 nitrogen and oxygen atoms in total. The Kier molecular flexibility index (Phi) is 6.25. The summed E-state index contributed by atoms with van der Waals surface area (Å²) in [4.78, 5) is 24.4. The number of piperidine rings is 1. The Morgan fingerprint density at radius 3 is 2.82 bits per heavy atom. The number of halogens is 1. The molecular weight excluding hydrogens is 363 g/mol. The monoisotopic (exact) mass is 388 g/mol. The van der Waals surface area contributed by atoms with E-state index >= 15 is 0 Å². The number of nitrogens with zero attached hydrogens (tertiary/aromatic N) is 4. The van der Waals surface area contributed by atoms with E-state index in [0.29, 0.717) is 18.2 Å². The van der Waals surface area contributed by atoms with Crippen LogP contribution in [0.1, 0.15) is 12.8 Å². The Hall–Kier alpha value is -2.94. The van der Waals surface area contributed by atoms with Gasteiger partial charge in [-0.1, -0.05) is 0 Å². The second-order valence-electron chi connectivity index (χ2n) is 7.09. The molecule has 3 rings (SSSR count). The Balaban J connectivity index is 1.58. The van der Waals surface area contributed by atoms with Gasteiger partial charge in [0.1, 0.15) is 12.1 Å². The van der Waals surface area contributed by atoms with Crippen molar-refractivity contribution in [2.45, 2.75) is 12.8 Å². The minimum absolute atomic E-state index is 0.00967. The zero-order valence-corrected chi connectivity index (χ0v) is 16.1. The minimum Gasteiger partial charge on any atom is -0.436 e. The predicted octanol–water partition coefficient (Wildman–Crippen LogP) is 2.80. The first-order valence-electron chi connectivity index (χ1n) is 9.16. The summed E-state index contributed by atoms with van der Waals surface area (Å²) >= 11 is 0. The third-order valence-electron chi connectivity index (χ3n) is 4.76. The zero-order valence-electron chi connectivity index (χ0n) is 16.1. The summed E-state index contributed by atoms with van der Waals surface area (Å²) in [5, 5.41) is 2.72. The molecular formula is C19H25FN6O2. The van der Waals surface area contributed by atoms with Crippen LogP contribution in [0, 0.1) is 11.7 Å². The maximum Gasteiger partial charge on any atom is 0.322 e. The first-order valence-corrected chi connectivity index (χ1v) is 9.16. The molecule has 1 aliphatic rings. The molecule has 1 aromatic carbocycles. The molecule has 1 saturated heterocycles. The number of carbonyl (C=O) groups is 1. The molecule has 0 aliphatic carbocycles. The van der Waals surface area contributed by atoms with Crippen molar-refractivity contribution in [2.24, 2.45) is 5.92 Å². The van der Waals surface area contributed by atoms with Gasteiger partial charge in [0.15, 0.2) is 11.6 Å². The second kappa shape index (κ2) is 8.83. The number of urea groups is 1. The van der Waals surface area contributed by atoms with E-state index in [9.17, 15) is 9.18 Å². The number of amides is 2. The van der Waals surface area contributed by atoms with Crippen molar-refractivity contribution >= 4 is 17.5 Å². The number of carbonyl (C=O) groups excluding carboxylic acids is 1. The summed E-state index contributed by atoms with van der Waals surface area (Å²) in [5.74, 6) is 0.282. The number of hydrogen-bond acceptors (Lipinski definition) is 6. The van der Waals surface area contributed by atoms with Gasteiger partial charge in [0.05, 0.1) is 0 Å². The Morgan fingerprint density at radius 1 is 1.36 bits per heavy atom. The lowest BCUT2D eigenvalue weighted by molar-refractivity contribution is 0.177. The molecule has 2 aromatic rings. The number of benzene rings is 1. The van der Waals surface area contributed by atoms with Crippen LogP contribution in [0.3, 0.4) is 0 Å². The highest BCUT2D eigenvalue weighted by Gasteiger charge is 2.20. The predicted molar refractivity (Wildman–Crippen MR) is 105 cm³/mol. The van der Waals surface area contributed by atoms with Crippen LogP contribution in [0.4, 0.5) is 20.7 Å². The van der Waals surface area contributed by atoms with Gasteiger partial charge in [0, 0.05) is 31.4 Å². The highest BCUT2D eigenvalue weighted by atomic mass is 19.1. The maximum absolute atomic E-state index is 13.9. The van der Waals surface area contributed by atoms with E-state index in [1.54, 1.807) is 11.9 Å². The van der Waals surface area contributed by atoms with Gasteiger partial charge in [-0.25, -0.2) is 19.2 Å². The molecule has 0 saturated carbocycles. The minimum atomic E-state index is -0.595. The standard InChI is InChI=1S/C19H25FN6O2/c1-25-7-5-13(6-8-25)11-26(2)19(27)24-17-10-18(23-12-22-17)28-16-4-3-14(21)9-15(16)20/h3-4,9-10,12-13H,5-8,11,21H2,1-2H3,(H,22,23,24,27). The average Bonchev–Trinajstić information content (AvgIpc) is 2.66. The highest BCUT2D eigenvalue weighted by Crippen LogP contribution is 2.25. The Bertz CT molecular complexity index is 826. The number of nitrogen functional groups attached to an aromatic ring is 1. The van der Waals surface area contributed by atoms with Gasteiger partial charge in [0.25, 0.3) is 0 Å². The molecule has 0 bridgehead atoms. The zero-order chi connectivity index (χ0) is 20.1. The van der Waals surface area contributed by atoms with Crippen molar-refractivity contribution in [2.75, 3.05) is 44.8 Å². The molecule has 1 aromatic heterocycles. The highest BCUT2D eigenvalue weighted by molar-refractivity contribution is 5.88. The Labute approximate surface area is 163 Å². The van der Waals surface area contributed by atoms with Gasteiger partial charge in [-0.3, -0.25) is 5.32 Å². The third-order valence-corrected chi connectivity index (χ3v) is 4.76. The molecule has 2 heterocycles. The van der Waals surface area contributed by atoms with Crippen molar-refractivity contribution in [1.29, 1.82) is 0 Å². The molecule has 0 atom stereocenters. The van der Waals surface area contributed by atoms with Gasteiger partial charge in [0.2, 0.25) is 5.88 Å². The summed E-state index contributed by atoms with van der Waals surface area (Å²) in [5.41, 5.74) is 5.83. The number of ether oxygens (including phenoxy) is 1. The number of aromatic nitrogens is 2. The second-order valence-corrected chi connectivity index (χ2v) is 7.09. The van der Waals surface area contributed by atoms with Crippen LogP contribution < -0.4 is 15.8 Å². The summed E-state index contributed by atoms with van der Waals surface area (Å²) < 4.78 is 19.3. The topological polar surface area (TPSA) is 96.6 Å². The van der Waals surface area contributed by atoms with Gasteiger partial charge in [-0.15, -0.1) is 0 Å². The summed E-state index contributed by atoms with van der Waals surface area (Å²) in [6.07, 6.45) is 3.40. The van der Waals surface area contributed by atoms with Crippen LogP contribution in [-0.2, 0) is 0 Å². The van der Waals surface area contributed by atoms with Crippen molar-refractivity contribution in [3.63, 3.8) is 0 Å². The van der Waals surface area contributed by atoms with E-state index in [1.165, 1.54) is 24.5 Å². The number of nitrogens with one attached hydrogen (secondary N) is 1. The van der Waals surface area contributed by atoms with E-state index in [-0.39, 0.29) is 23.5 Å². The van der Waals surface area contributed by atoms with E-state index in [2.05, 4.69) is 27.2 Å². The lowest BCUT2D eigenvalue weighted by atomic mass is 9.97. The van der Waals surface area contributed by atoms with Gasteiger partial charge in [-0.2, -0.15) is 0 Å². The molecule has 0 radical (unpaired) electrons. The molecule has 28 heavy (non-hydrogen) atoms. The van der Waals surface area contributed by atoms with Crippen LogP contribution in [0.25, 0.3) is 0 Å². The van der Waals surface area contributed by atoms with Gasteiger partial charge in [-0.05, 0) is 51.0 Å². The molecule has 0 unspecified atom stereocenters. The smallest absolute Gasteiger partial charge is 0.322 e. The molecule has 1 aliphatic heterocycles. The lowest BCUT2D eigenvalue weighted by Crippen LogP contribution is -2.39. The summed E-state index contributed by atoms with van der Waals surface area (Å²) in [7, 11) is 3.87. The summed E-state index contributed by atoms with van der Waals surface area (Å²) in [6, 6.07) is 5.29. The fraction of sp³-hybridized carbons (Fsp3) is 0.421. The van der Waals surface area contributed by atoms with Crippen LogP contribution in [-0.4, -0.2) is 59.5 Å². The fourth-order valence-electron chi connectivity index (χ4n) is 3.10. The van der Waals surface area contributed by atoms with Crippen LogP contribution in [0.2, 0.25) is 0 Å². The SMILES string of the molecule is CN1CCC(CN(C)C(=O)Nc2cc(Oc3ccc(N)cc3F)ncn2)CC1. The largest absolute Gasteiger partial charge is 0.436 e. The van der Waals surface area contributed by atoms with Crippen molar-refractivity contribution in [1.82, 2.24) is 19.8 Å². The molecule has 150 valence electrons. The van der Waals surface area contributed by atoms with Crippen molar-refractivity contribution < 1.29 is 13.9 Å². The van der Waals surface area contributed by atoms with Crippen LogP contribution in [0.5, 0.6) is 11.6 Å². The summed E-state index contributed by atoms with van der Waals surface area (Å²) in [6.45, 7) is 2.79. The maximum atomic E-state index is 13.9. The molecule has 0 spiro atoms. The number of nitrogens with two attached hydrogens (primary N) is 1.